The number of amides is 3. The van der Waals surface area contributed by atoms with Crippen molar-refractivity contribution in [3.8, 4) is 0 Å². The van der Waals surface area contributed by atoms with Crippen LogP contribution in [0.4, 0.5) is 9.39 Å². The summed E-state index contributed by atoms with van der Waals surface area (Å²) in [6.45, 7) is 3.71. The van der Waals surface area contributed by atoms with E-state index < -0.39 is 11.8 Å². The summed E-state index contributed by atoms with van der Waals surface area (Å²) in [5.74, 6) is -1.51. The van der Waals surface area contributed by atoms with Gasteiger partial charge in [0.25, 0.3) is 5.91 Å². The van der Waals surface area contributed by atoms with E-state index in [1.54, 1.807) is 19.1 Å². The van der Waals surface area contributed by atoms with E-state index in [2.05, 4.69) is 5.32 Å². The number of benzene rings is 1. The van der Waals surface area contributed by atoms with Crippen molar-refractivity contribution in [2.45, 2.75) is 52.5 Å². The molecule has 3 amide bonds. The Morgan fingerprint density at radius 3 is 2.39 bits per heavy atom. The number of primary amides is 1. The molecule has 1 heterocycles. The molecule has 6 nitrogen and oxygen atoms in total. The first-order valence-corrected chi connectivity index (χ1v) is 11.3. The van der Waals surface area contributed by atoms with Crippen molar-refractivity contribution in [1.29, 1.82) is 0 Å². The van der Waals surface area contributed by atoms with Gasteiger partial charge in [0.15, 0.2) is 0 Å². The number of halogens is 1. The highest BCUT2D eigenvalue weighted by atomic mass is 32.1. The first-order chi connectivity index (χ1) is 14.8. The van der Waals surface area contributed by atoms with Gasteiger partial charge in [0.1, 0.15) is 17.4 Å². The zero-order valence-corrected chi connectivity index (χ0v) is 18.7. The topological polar surface area (TPSA) is 92.5 Å². The first-order valence-electron chi connectivity index (χ1n) is 10.5. The van der Waals surface area contributed by atoms with E-state index in [9.17, 15) is 18.8 Å². The Kier molecular flexibility index (Phi) is 7.43. The van der Waals surface area contributed by atoms with Gasteiger partial charge in [-0.05, 0) is 49.9 Å². The number of hydrogen-bond acceptors (Lipinski definition) is 4. The third-order valence-electron chi connectivity index (χ3n) is 5.77. The standard InChI is InChI=1S/C23H28FN3O3S/c1-14-15(2)31-22(20(14)21(25)29)26-19(28)13-27(12-16-8-10-18(24)11-9-16)23(30)17-6-4-3-5-7-17/h8-11,17H,3-7,12-13H2,1-2H3,(H2,25,29)(H,26,28). The largest absolute Gasteiger partial charge is 0.365 e. The highest BCUT2D eigenvalue weighted by molar-refractivity contribution is 7.16. The Balaban J connectivity index is 1.77. The van der Waals surface area contributed by atoms with Crippen molar-refractivity contribution in [2.24, 2.45) is 11.7 Å². The molecule has 0 atom stereocenters. The second kappa shape index (κ2) is 10.0. The predicted molar refractivity (Wildman–Crippen MR) is 119 cm³/mol. The summed E-state index contributed by atoms with van der Waals surface area (Å²) in [5.41, 5.74) is 7.29. The summed E-state index contributed by atoms with van der Waals surface area (Å²) in [5, 5.41) is 3.16. The predicted octanol–water partition coefficient (Wildman–Crippen LogP) is 4.15. The van der Waals surface area contributed by atoms with Crippen LogP contribution < -0.4 is 11.1 Å². The summed E-state index contributed by atoms with van der Waals surface area (Å²) in [7, 11) is 0. The minimum absolute atomic E-state index is 0.0622. The van der Waals surface area contributed by atoms with Gasteiger partial charge in [-0.3, -0.25) is 14.4 Å². The monoisotopic (exact) mass is 445 g/mol. The van der Waals surface area contributed by atoms with Gasteiger partial charge in [-0.1, -0.05) is 31.4 Å². The van der Waals surface area contributed by atoms with E-state index in [1.807, 2.05) is 6.92 Å². The van der Waals surface area contributed by atoms with Crippen LogP contribution in [0.5, 0.6) is 0 Å². The van der Waals surface area contributed by atoms with Crippen LogP contribution >= 0.6 is 11.3 Å². The number of anilines is 1. The van der Waals surface area contributed by atoms with E-state index in [4.69, 9.17) is 5.73 Å². The van der Waals surface area contributed by atoms with Crippen molar-refractivity contribution in [3.63, 3.8) is 0 Å². The van der Waals surface area contributed by atoms with Gasteiger partial charge in [-0.2, -0.15) is 0 Å². The van der Waals surface area contributed by atoms with Crippen LogP contribution in [-0.4, -0.2) is 29.2 Å². The van der Waals surface area contributed by atoms with Crippen molar-refractivity contribution in [2.75, 3.05) is 11.9 Å². The van der Waals surface area contributed by atoms with E-state index in [0.29, 0.717) is 10.6 Å². The number of carbonyl (C=O) groups is 3. The van der Waals surface area contributed by atoms with Crippen molar-refractivity contribution in [1.82, 2.24) is 4.90 Å². The lowest BCUT2D eigenvalue weighted by molar-refractivity contribution is -0.139. The Hall–Kier alpha value is -2.74. The van der Waals surface area contributed by atoms with Crippen LogP contribution in [-0.2, 0) is 16.1 Å². The molecule has 8 heteroatoms. The molecule has 1 fully saturated rings. The van der Waals surface area contributed by atoms with Crippen LogP contribution in [0, 0.1) is 25.6 Å². The molecular formula is C23H28FN3O3S. The molecule has 0 radical (unpaired) electrons. The van der Waals surface area contributed by atoms with Crippen molar-refractivity contribution in [3.05, 3.63) is 51.7 Å². The minimum atomic E-state index is -0.599. The molecule has 0 saturated heterocycles. The fourth-order valence-corrected chi connectivity index (χ4v) is 5.06. The van der Waals surface area contributed by atoms with Crippen LogP contribution in [0.3, 0.4) is 0 Å². The van der Waals surface area contributed by atoms with Gasteiger partial charge in [0.05, 0.1) is 5.56 Å². The molecule has 1 aromatic heterocycles. The number of nitrogens with two attached hydrogens (primary N) is 1. The Morgan fingerprint density at radius 1 is 1.13 bits per heavy atom. The molecule has 31 heavy (non-hydrogen) atoms. The molecule has 0 spiro atoms. The zero-order valence-electron chi connectivity index (χ0n) is 17.9. The Morgan fingerprint density at radius 2 is 1.77 bits per heavy atom. The highest BCUT2D eigenvalue weighted by Gasteiger charge is 2.28. The van der Waals surface area contributed by atoms with Gasteiger partial charge in [-0.25, -0.2) is 4.39 Å². The van der Waals surface area contributed by atoms with E-state index in [0.717, 1.165) is 48.1 Å². The van der Waals surface area contributed by atoms with Crippen LogP contribution in [0.1, 0.15) is 58.5 Å². The van der Waals surface area contributed by atoms with Crippen LogP contribution in [0.2, 0.25) is 0 Å². The average molecular weight is 446 g/mol. The van der Waals surface area contributed by atoms with Gasteiger partial charge in [0.2, 0.25) is 11.8 Å². The molecule has 0 bridgehead atoms. The molecule has 3 rings (SSSR count). The Bertz CT molecular complexity index is 965. The quantitative estimate of drug-likeness (QED) is 0.671. The van der Waals surface area contributed by atoms with E-state index >= 15 is 0 Å². The molecular weight excluding hydrogens is 417 g/mol. The molecule has 1 aromatic carbocycles. The molecule has 1 aliphatic rings. The lowest BCUT2D eigenvalue weighted by Gasteiger charge is -2.29. The third-order valence-corrected chi connectivity index (χ3v) is 6.89. The lowest BCUT2D eigenvalue weighted by atomic mass is 9.88. The van der Waals surface area contributed by atoms with Gasteiger partial charge in [-0.15, -0.1) is 11.3 Å². The molecule has 0 unspecified atom stereocenters. The summed E-state index contributed by atoms with van der Waals surface area (Å²) in [6.07, 6.45) is 4.76. The Labute approximate surface area is 185 Å². The molecule has 2 aromatic rings. The minimum Gasteiger partial charge on any atom is -0.365 e. The van der Waals surface area contributed by atoms with E-state index in [1.165, 1.54) is 28.4 Å². The summed E-state index contributed by atoms with van der Waals surface area (Å²) >= 11 is 1.29. The smallest absolute Gasteiger partial charge is 0.251 e. The summed E-state index contributed by atoms with van der Waals surface area (Å²) < 4.78 is 13.3. The number of nitrogens with zero attached hydrogens (tertiary/aromatic N) is 1. The van der Waals surface area contributed by atoms with Gasteiger partial charge >= 0.3 is 0 Å². The fraction of sp³-hybridized carbons (Fsp3) is 0.435. The highest BCUT2D eigenvalue weighted by Crippen LogP contribution is 2.32. The van der Waals surface area contributed by atoms with Crippen LogP contribution in [0.15, 0.2) is 24.3 Å². The maximum absolute atomic E-state index is 13.3. The summed E-state index contributed by atoms with van der Waals surface area (Å²) in [4.78, 5) is 40.3. The van der Waals surface area contributed by atoms with Crippen LogP contribution in [0.25, 0.3) is 0 Å². The average Bonchev–Trinajstić information content (AvgIpc) is 3.02. The molecule has 3 N–H and O–H groups in total. The molecule has 166 valence electrons. The fourth-order valence-electron chi connectivity index (χ4n) is 3.98. The number of carbonyl (C=O) groups excluding carboxylic acids is 3. The first kappa shape index (κ1) is 22.9. The SMILES string of the molecule is Cc1sc(NC(=O)CN(Cc2ccc(F)cc2)C(=O)C2CCCCC2)c(C(N)=O)c1C. The van der Waals surface area contributed by atoms with E-state index in [-0.39, 0.29) is 30.7 Å². The zero-order chi connectivity index (χ0) is 22.5. The van der Waals surface area contributed by atoms with Gasteiger partial charge < -0.3 is 16.0 Å². The normalized spacial score (nSPS) is 14.3. The summed E-state index contributed by atoms with van der Waals surface area (Å²) in [6, 6.07) is 5.92. The number of thiophene rings is 1. The second-order valence-electron chi connectivity index (χ2n) is 8.06. The number of nitrogens with one attached hydrogen (secondary N) is 1. The van der Waals surface area contributed by atoms with Gasteiger partial charge in [0, 0.05) is 17.3 Å². The van der Waals surface area contributed by atoms with Crippen molar-refractivity contribution < 1.29 is 18.8 Å². The third kappa shape index (κ3) is 5.70. The maximum atomic E-state index is 13.3. The maximum Gasteiger partial charge on any atom is 0.251 e. The number of aryl methyl sites for hydroxylation is 1. The second-order valence-corrected chi connectivity index (χ2v) is 9.28. The molecule has 1 saturated carbocycles. The molecule has 1 aliphatic carbocycles. The van der Waals surface area contributed by atoms with Crippen molar-refractivity contribution >= 4 is 34.1 Å². The lowest BCUT2D eigenvalue weighted by Crippen LogP contribution is -2.41. The molecule has 0 aliphatic heterocycles. The number of hydrogen-bond donors (Lipinski definition) is 2. The number of rotatable bonds is 7.